The second-order valence-corrected chi connectivity index (χ2v) is 4.68. The highest BCUT2D eigenvalue weighted by atomic mass is 16.4. The molecule has 1 aliphatic rings. The molecule has 0 radical (unpaired) electrons. The number of nitrogens with zero attached hydrogens (tertiary/aromatic N) is 2. The summed E-state index contributed by atoms with van der Waals surface area (Å²) < 4.78 is 0. The van der Waals surface area contributed by atoms with Crippen molar-refractivity contribution in [3.8, 4) is 0 Å². The van der Waals surface area contributed by atoms with Crippen LogP contribution in [0.2, 0.25) is 0 Å². The summed E-state index contributed by atoms with van der Waals surface area (Å²) in [6, 6.07) is 0. The van der Waals surface area contributed by atoms with E-state index in [0.717, 1.165) is 0 Å². The maximum atomic E-state index is 11.0. The van der Waals surface area contributed by atoms with Crippen LogP contribution in [0.4, 0.5) is 5.82 Å². The molecule has 0 bridgehead atoms. The molecule has 1 heterocycles. The molecule has 16 heavy (non-hydrogen) atoms. The lowest BCUT2D eigenvalue weighted by Crippen LogP contribution is -2.34. The van der Waals surface area contributed by atoms with E-state index < -0.39 is 5.97 Å². The van der Waals surface area contributed by atoms with Crippen molar-refractivity contribution < 1.29 is 9.90 Å². The van der Waals surface area contributed by atoms with Crippen molar-refractivity contribution in [2.45, 2.75) is 32.2 Å². The van der Waals surface area contributed by atoms with Crippen molar-refractivity contribution in [2.24, 2.45) is 5.92 Å². The van der Waals surface area contributed by atoms with Gasteiger partial charge < -0.3 is 10.4 Å². The van der Waals surface area contributed by atoms with Gasteiger partial charge in [-0.15, -0.1) is 0 Å². The third-order valence-corrected chi connectivity index (χ3v) is 2.94. The van der Waals surface area contributed by atoms with Crippen molar-refractivity contribution >= 4 is 11.8 Å². The van der Waals surface area contributed by atoms with E-state index in [-0.39, 0.29) is 11.2 Å². The van der Waals surface area contributed by atoms with E-state index in [0.29, 0.717) is 11.7 Å². The lowest BCUT2D eigenvalue weighted by atomic mass is 9.99. The molecule has 0 spiro atoms. The minimum absolute atomic E-state index is 0.0174. The van der Waals surface area contributed by atoms with Gasteiger partial charge in [-0.05, 0) is 32.6 Å². The highest BCUT2D eigenvalue weighted by molar-refractivity contribution is 5.90. The Kier molecular flexibility index (Phi) is 2.53. The highest BCUT2D eigenvalue weighted by Gasteiger charge is 2.38. The Labute approximate surface area is 93.9 Å². The summed E-state index contributed by atoms with van der Waals surface area (Å²) in [5.74, 6) is -0.106. The molecule has 1 aliphatic carbocycles. The summed E-state index contributed by atoms with van der Waals surface area (Å²) in [6.45, 7) is 4.12. The maximum absolute atomic E-state index is 11.0. The topological polar surface area (TPSA) is 75.1 Å². The number of carboxylic acid groups (broad SMARTS) is 1. The lowest BCUT2D eigenvalue weighted by molar-refractivity contribution is 0.0691. The standard InChI is InChI=1S/C11H15N3O2/c1-11(2,7-3-4-7)14-9-8(10(15)16)12-5-6-13-9/h5-7H,3-4H2,1-2H3,(H,13,14)(H,15,16). The minimum Gasteiger partial charge on any atom is -0.476 e. The summed E-state index contributed by atoms with van der Waals surface area (Å²) in [4.78, 5) is 18.8. The second kappa shape index (κ2) is 3.73. The quantitative estimate of drug-likeness (QED) is 0.810. The van der Waals surface area contributed by atoms with E-state index in [9.17, 15) is 4.79 Å². The molecule has 5 nitrogen and oxygen atoms in total. The van der Waals surface area contributed by atoms with E-state index in [1.807, 2.05) is 0 Å². The molecule has 2 rings (SSSR count). The first kappa shape index (κ1) is 10.9. The van der Waals surface area contributed by atoms with Crippen molar-refractivity contribution in [3.05, 3.63) is 18.1 Å². The zero-order chi connectivity index (χ0) is 11.8. The average Bonchev–Trinajstić information content (AvgIpc) is 3.00. The van der Waals surface area contributed by atoms with E-state index >= 15 is 0 Å². The third kappa shape index (κ3) is 2.13. The van der Waals surface area contributed by atoms with Gasteiger partial charge >= 0.3 is 5.97 Å². The van der Waals surface area contributed by atoms with Gasteiger partial charge in [-0.3, -0.25) is 0 Å². The molecule has 5 heteroatoms. The molecule has 0 amide bonds. The minimum atomic E-state index is -1.05. The Bertz CT molecular complexity index is 413. The normalized spacial score (nSPS) is 15.9. The van der Waals surface area contributed by atoms with Gasteiger partial charge in [0.05, 0.1) is 0 Å². The molecule has 86 valence electrons. The van der Waals surface area contributed by atoms with E-state index in [1.165, 1.54) is 25.2 Å². The number of nitrogens with one attached hydrogen (secondary N) is 1. The van der Waals surface area contributed by atoms with Crippen LogP contribution < -0.4 is 5.32 Å². The number of hydrogen-bond acceptors (Lipinski definition) is 4. The van der Waals surface area contributed by atoms with Crippen LogP contribution in [0.1, 0.15) is 37.2 Å². The molecule has 1 aromatic heterocycles. The summed E-state index contributed by atoms with van der Waals surface area (Å²) in [6.07, 6.45) is 5.25. The van der Waals surface area contributed by atoms with Gasteiger partial charge in [0, 0.05) is 17.9 Å². The maximum Gasteiger partial charge on any atom is 0.358 e. The number of hydrogen-bond donors (Lipinski definition) is 2. The smallest absolute Gasteiger partial charge is 0.358 e. The average molecular weight is 221 g/mol. The molecule has 1 fully saturated rings. The fraction of sp³-hybridized carbons (Fsp3) is 0.545. The van der Waals surface area contributed by atoms with E-state index in [2.05, 4.69) is 29.1 Å². The van der Waals surface area contributed by atoms with Gasteiger partial charge in [-0.1, -0.05) is 0 Å². The van der Waals surface area contributed by atoms with Gasteiger partial charge in [0.15, 0.2) is 11.5 Å². The Morgan fingerprint density at radius 2 is 2.06 bits per heavy atom. The lowest BCUT2D eigenvalue weighted by Gasteiger charge is -2.27. The Morgan fingerprint density at radius 1 is 1.44 bits per heavy atom. The fourth-order valence-electron chi connectivity index (χ4n) is 1.80. The number of carbonyl (C=O) groups is 1. The first-order valence-corrected chi connectivity index (χ1v) is 5.33. The van der Waals surface area contributed by atoms with Crippen LogP contribution in [-0.4, -0.2) is 26.6 Å². The number of carboxylic acids is 1. The largest absolute Gasteiger partial charge is 0.476 e. The molecule has 0 atom stereocenters. The SMILES string of the molecule is CC(C)(Nc1nccnc1C(=O)O)C1CC1. The Balaban J connectivity index is 2.23. The summed E-state index contributed by atoms with van der Waals surface area (Å²) in [5, 5.41) is 12.1. The van der Waals surface area contributed by atoms with Crippen LogP contribution in [0.5, 0.6) is 0 Å². The zero-order valence-electron chi connectivity index (χ0n) is 9.40. The van der Waals surface area contributed by atoms with Crippen molar-refractivity contribution in [3.63, 3.8) is 0 Å². The van der Waals surface area contributed by atoms with Gasteiger partial charge in [0.1, 0.15) is 0 Å². The van der Waals surface area contributed by atoms with Crippen LogP contribution in [0.3, 0.4) is 0 Å². The van der Waals surface area contributed by atoms with Crippen molar-refractivity contribution in [2.75, 3.05) is 5.32 Å². The Morgan fingerprint density at radius 3 is 2.62 bits per heavy atom. The van der Waals surface area contributed by atoms with Crippen LogP contribution >= 0.6 is 0 Å². The first-order chi connectivity index (χ1) is 7.50. The molecule has 0 aromatic carbocycles. The van der Waals surface area contributed by atoms with E-state index in [1.54, 1.807) is 0 Å². The molecular formula is C11H15N3O2. The molecule has 1 saturated carbocycles. The van der Waals surface area contributed by atoms with Crippen molar-refractivity contribution in [1.29, 1.82) is 0 Å². The summed E-state index contributed by atoms with van der Waals surface area (Å²) in [5.41, 5.74) is -0.142. The summed E-state index contributed by atoms with van der Waals surface area (Å²) in [7, 11) is 0. The molecule has 0 unspecified atom stereocenters. The monoisotopic (exact) mass is 221 g/mol. The molecular weight excluding hydrogens is 206 g/mol. The second-order valence-electron chi connectivity index (χ2n) is 4.68. The molecule has 2 N–H and O–H groups in total. The van der Waals surface area contributed by atoms with Gasteiger partial charge in [0.25, 0.3) is 0 Å². The zero-order valence-corrected chi connectivity index (χ0v) is 9.40. The fourth-order valence-corrected chi connectivity index (χ4v) is 1.80. The molecule has 1 aromatic rings. The highest BCUT2D eigenvalue weighted by Crippen LogP contribution is 2.41. The van der Waals surface area contributed by atoms with Gasteiger partial charge in [0.2, 0.25) is 0 Å². The Hall–Kier alpha value is -1.65. The van der Waals surface area contributed by atoms with Crippen LogP contribution in [0.15, 0.2) is 12.4 Å². The van der Waals surface area contributed by atoms with Crippen LogP contribution in [-0.2, 0) is 0 Å². The number of aromatic nitrogens is 2. The van der Waals surface area contributed by atoms with Gasteiger partial charge in [-0.25, -0.2) is 14.8 Å². The predicted octanol–water partition coefficient (Wildman–Crippen LogP) is 1.78. The van der Waals surface area contributed by atoms with Gasteiger partial charge in [-0.2, -0.15) is 0 Å². The number of anilines is 1. The van der Waals surface area contributed by atoms with E-state index in [4.69, 9.17) is 5.11 Å². The first-order valence-electron chi connectivity index (χ1n) is 5.33. The number of rotatable bonds is 4. The summed E-state index contributed by atoms with van der Waals surface area (Å²) >= 11 is 0. The van der Waals surface area contributed by atoms with Crippen LogP contribution in [0.25, 0.3) is 0 Å². The molecule has 0 saturated heterocycles. The molecule has 0 aliphatic heterocycles. The number of aromatic carboxylic acids is 1. The van der Waals surface area contributed by atoms with Crippen LogP contribution in [0, 0.1) is 5.92 Å². The third-order valence-electron chi connectivity index (χ3n) is 2.94. The van der Waals surface area contributed by atoms with Crippen molar-refractivity contribution in [1.82, 2.24) is 9.97 Å². The predicted molar refractivity (Wildman–Crippen MR) is 59.4 cm³/mol.